The average Bonchev–Trinajstić information content (AvgIpc) is 2.80. The Hall–Kier alpha value is -3.55. The molecule has 8 nitrogen and oxygen atoms in total. The third-order valence-electron chi connectivity index (χ3n) is 4.64. The Morgan fingerprint density at radius 3 is 1.97 bits per heavy atom. The van der Waals surface area contributed by atoms with Gasteiger partial charge < -0.3 is 24.3 Å². The average molecular weight is 429 g/mol. The lowest BCUT2D eigenvalue weighted by Crippen LogP contribution is -2.34. The zero-order valence-corrected chi connectivity index (χ0v) is 18.3. The lowest BCUT2D eigenvalue weighted by molar-refractivity contribution is -0.145. The van der Waals surface area contributed by atoms with Gasteiger partial charge in [0.15, 0.2) is 17.6 Å². The van der Waals surface area contributed by atoms with Gasteiger partial charge in [0.2, 0.25) is 11.5 Å². The molecule has 0 radical (unpaired) electrons. The van der Waals surface area contributed by atoms with Crippen molar-refractivity contribution in [2.24, 2.45) is 0 Å². The summed E-state index contributed by atoms with van der Waals surface area (Å²) >= 11 is 0. The van der Waals surface area contributed by atoms with Crippen LogP contribution in [0.5, 0.6) is 17.2 Å². The van der Waals surface area contributed by atoms with Gasteiger partial charge in [-0.1, -0.05) is 31.2 Å². The van der Waals surface area contributed by atoms with Crippen molar-refractivity contribution in [3.8, 4) is 17.2 Å². The van der Waals surface area contributed by atoms with Crippen molar-refractivity contribution in [2.75, 3.05) is 27.9 Å². The minimum absolute atomic E-state index is 0.211. The van der Waals surface area contributed by atoms with Gasteiger partial charge in [-0.05, 0) is 31.0 Å². The first-order valence-electron chi connectivity index (χ1n) is 9.75. The molecule has 2 aromatic carbocycles. The van der Waals surface area contributed by atoms with Gasteiger partial charge in [0.25, 0.3) is 5.91 Å². The molecule has 1 unspecified atom stereocenters. The van der Waals surface area contributed by atoms with Crippen LogP contribution in [0, 0.1) is 0 Å². The van der Waals surface area contributed by atoms with E-state index in [4.69, 9.17) is 18.9 Å². The molecule has 0 saturated carbocycles. The van der Waals surface area contributed by atoms with Crippen molar-refractivity contribution in [1.29, 1.82) is 0 Å². The molecule has 0 aromatic heterocycles. The van der Waals surface area contributed by atoms with Gasteiger partial charge in [-0.15, -0.1) is 0 Å². The molecular weight excluding hydrogens is 402 g/mol. The fraction of sp³-hybridized carbons (Fsp3) is 0.348. The molecule has 0 fully saturated rings. The van der Waals surface area contributed by atoms with E-state index in [1.165, 1.54) is 40.4 Å². The number of hydrogen-bond donors (Lipinski definition) is 1. The topological polar surface area (TPSA) is 100 Å². The van der Waals surface area contributed by atoms with Crippen LogP contribution in [0.15, 0.2) is 36.4 Å². The highest BCUT2D eigenvalue weighted by atomic mass is 16.5. The second kappa shape index (κ2) is 11.0. The van der Waals surface area contributed by atoms with Gasteiger partial charge in [-0.2, -0.15) is 0 Å². The molecule has 0 saturated heterocycles. The summed E-state index contributed by atoms with van der Waals surface area (Å²) in [6, 6.07) is 10.1. The van der Waals surface area contributed by atoms with Gasteiger partial charge in [-0.3, -0.25) is 14.4 Å². The Labute approximate surface area is 181 Å². The quantitative estimate of drug-likeness (QED) is 0.458. The predicted molar refractivity (Wildman–Crippen MR) is 114 cm³/mol. The molecular formula is C23H27NO7. The summed E-state index contributed by atoms with van der Waals surface area (Å²) in [5.74, 6) is -0.616. The fourth-order valence-corrected chi connectivity index (χ4v) is 2.90. The van der Waals surface area contributed by atoms with Crippen molar-refractivity contribution >= 4 is 17.7 Å². The number of ether oxygens (including phenoxy) is 4. The summed E-state index contributed by atoms with van der Waals surface area (Å²) in [6.45, 7) is 3.12. The van der Waals surface area contributed by atoms with E-state index in [-0.39, 0.29) is 11.3 Å². The Bertz CT molecular complexity index is 912. The number of Topliss-reactive ketones (excluding diaryl/α,β-unsaturated/α-hetero) is 1. The van der Waals surface area contributed by atoms with Crippen molar-refractivity contribution in [3.05, 3.63) is 53.1 Å². The van der Waals surface area contributed by atoms with E-state index in [9.17, 15) is 14.4 Å². The fourth-order valence-electron chi connectivity index (χ4n) is 2.90. The molecule has 1 N–H and O–H groups in total. The molecule has 1 atom stereocenters. The number of methoxy groups -OCH3 is 3. The molecule has 31 heavy (non-hydrogen) atoms. The van der Waals surface area contributed by atoms with Crippen molar-refractivity contribution in [2.45, 2.75) is 26.4 Å². The smallest absolute Gasteiger partial charge is 0.326 e. The standard InChI is InChI=1S/C23H27NO7/c1-6-15-7-9-16(10-8-15)21(26)14(2)31-20(25)13-24-23(27)17-11-18(28-3)22(30-5)19(12-17)29-4/h7-12,14H,6,13H2,1-5H3,(H,24,27). The normalized spacial score (nSPS) is 11.3. The number of aryl methyl sites for hydroxylation is 1. The van der Waals surface area contributed by atoms with Crippen molar-refractivity contribution < 1.29 is 33.3 Å². The Balaban J connectivity index is 1.97. The molecule has 0 aliphatic heterocycles. The summed E-state index contributed by atoms with van der Waals surface area (Å²) in [7, 11) is 4.33. The van der Waals surface area contributed by atoms with E-state index in [1.807, 2.05) is 19.1 Å². The maximum atomic E-state index is 12.4. The number of nitrogens with one attached hydrogen (secondary N) is 1. The van der Waals surface area contributed by atoms with Crippen LogP contribution >= 0.6 is 0 Å². The number of esters is 1. The van der Waals surface area contributed by atoms with Crippen LogP contribution in [-0.4, -0.2) is 51.6 Å². The summed E-state index contributed by atoms with van der Waals surface area (Å²) < 4.78 is 20.8. The van der Waals surface area contributed by atoms with E-state index >= 15 is 0 Å². The number of amides is 1. The molecule has 166 valence electrons. The third-order valence-corrected chi connectivity index (χ3v) is 4.64. The maximum absolute atomic E-state index is 12.4. The van der Waals surface area contributed by atoms with Crippen LogP contribution in [0.4, 0.5) is 0 Å². The van der Waals surface area contributed by atoms with E-state index < -0.39 is 24.5 Å². The Morgan fingerprint density at radius 1 is 0.903 bits per heavy atom. The zero-order valence-electron chi connectivity index (χ0n) is 18.3. The lowest BCUT2D eigenvalue weighted by Gasteiger charge is -2.15. The van der Waals surface area contributed by atoms with Crippen LogP contribution in [0.1, 0.15) is 40.1 Å². The van der Waals surface area contributed by atoms with Crippen LogP contribution in [-0.2, 0) is 16.0 Å². The van der Waals surface area contributed by atoms with Gasteiger partial charge in [0.05, 0.1) is 21.3 Å². The minimum Gasteiger partial charge on any atom is -0.493 e. The van der Waals surface area contributed by atoms with Crippen LogP contribution in [0.25, 0.3) is 0 Å². The SMILES string of the molecule is CCc1ccc(C(=O)C(C)OC(=O)CNC(=O)c2cc(OC)c(OC)c(OC)c2)cc1. The number of rotatable bonds is 10. The highest BCUT2D eigenvalue weighted by Crippen LogP contribution is 2.38. The molecule has 0 aliphatic carbocycles. The molecule has 0 aliphatic rings. The summed E-state index contributed by atoms with van der Waals surface area (Å²) in [6.07, 6.45) is -0.108. The van der Waals surface area contributed by atoms with Gasteiger partial charge >= 0.3 is 5.97 Å². The summed E-state index contributed by atoms with van der Waals surface area (Å²) in [4.78, 5) is 37.0. The molecule has 2 aromatic rings. The molecule has 2 rings (SSSR count). The molecule has 1 amide bonds. The van der Waals surface area contributed by atoms with Gasteiger partial charge in [-0.25, -0.2) is 0 Å². The predicted octanol–water partition coefficient (Wildman–Crippen LogP) is 2.82. The first-order valence-corrected chi connectivity index (χ1v) is 9.75. The molecule has 8 heteroatoms. The largest absolute Gasteiger partial charge is 0.493 e. The van der Waals surface area contributed by atoms with E-state index in [0.717, 1.165) is 12.0 Å². The highest BCUT2D eigenvalue weighted by Gasteiger charge is 2.21. The van der Waals surface area contributed by atoms with Crippen molar-refractivity contribution in [1.82, 2.24) is 5.32 Å². The first-order chi connectivity index (χ1) is 14.8. The van der Waals surface area contributed by atoms with Gasteiger partial charge in [0, 0.05) is 11.1 Å². The Kier molecular flexibility index (Phi) is 8.43. The molecule has 0 heterocycles. The monoisotopic (exact) mass is 429 g/mol. The maximum Gasteiger partial charge on any atom is 0.326 e. The Morgan fingerprint density at radius 2 is 1.48 bits per heavy atom. The second-order valence-corrected chi connectivity index (χ2v) is 6.64. The minimum atomic E-state index is -0.974. The van der Waals surface area contributed by atoms with Gasteiger partial charge in [0.1, 0.15) is 6.54 Å². The number of hydrogen-bond acceptors (Lipinski definition) is 7. The highest BCUT2D eigenvalue weighted by molar-refractivity contribution is 6.01. The van der Waals surface area contributed by atoms with Crippen LogP contribution in [0.2, 0.25) is 0 Å². The van der Waals surface area contributed by atoms with E-state index in [2.05, 4.69) is 5.32 Å². The van der Waals surface area contributed by atoms with E-state index in [1.54, 1.807) is 12.1 Å². The number of carbonyl (C=O) groups is 3. The lowest BCUT2D eigenvalue weighted by atomic mass is 10.0. The molecule has 0 bridgehead atoms. The third kappa shape index (κ3) is 5.97. The zero-order chi connectivity index (χ0) is 23.0. The number of carbonyl (C=O) groups excluding carboxylic acids is 3. The second-order valence-electron chi connectivity index (χ2n) is 6.64. The first kappa shape index (κ1) is 23.7. The molecule has 0 spiro atoms. The summed E-state index contributed by atoms with van der Waals surface area (Å²) in [5.41, 5.74) is 1.78. The van der Waals surface area contributed by atoms with Crippen LogP contribution in [0.3, 0.4) is 0 Å². The van der Waals surface area contributed by atoms with Crippen LogP contribution < -0.4 is 19.5 Å². The number of ketones is 1. The number of benzene rings is 2. The van der Waals surface area contributed by atoms with E-state index in [0.29, 0.717) is 22.8 Å². The van der Waals surface area contributed by atoms with Crippen molar-refractivity contribution in [3.63, 3.8) is 0 Å². The summed E-state index contributed by atoms with van der Waals surface area (Å²) in [5, 5.41) is 2.46.